The van der Waals surface area contributed by atoms with Gasteiger partial charge in [-0.15, -0.1) is 5.10 Å². The predicted octanol–water partition coefficient (Wildman–Crippen LogP) is 3.20. The molecule has 0 unspecified atom stereocenters. The summed E-state index contributed by atoms with van der Waals surface area (Å²) in [6.45, 7) is 4.28. The zero-order valence-corrected chi connectivity index (χ0v) is 12.3. The average Bonchev–Trinajstić information content (AvgIpc) is 2.81. The van der Waals surface area contributed by atoms with Crippen molar-refractivity contribution in [1.82, 2.24) is 15.0 Å². The first-order valence-electron chi connectivity index (χ1n) is 7.97. The minimum absolute atomic E-state index is 0.202. The Kier molecular flexibility index (Phi) is 2.52. The molecule has 0 radical (unpaired) electrons. The van der Waals surface area contributed by atoms with E-state index in [0.717, 1.165) is 23.4 Å². The quantitative estimate of drug-likeness (QED) is 0.829. The maximum Gasteiger partial charge on any atom is 0.186 e. The van der Waals surface area contributed by atoms with Crippen LogP contribution in [0.2, 0.25) is 0 Å². The minimum Gasteiger partial charge on any atom is -0.245 e. The van der Waals surface area contributed by atoms with E-state index in [1.54, 1.807) is 0 Å². The standard InChI is InChI=1S/C16H22N4/c1-10(2)20-15(14(9-17)18-19-20)16-6-11-3-12(7-16)5-13(4-11)8-16/h10-13H,3-8H2,1-2H3. The lowest BCUT2D eigenvalue weighted by Crippen LogP contribution is -2.49. The van der Waals surface area contributed by atoms with Gasteiger partial charge >= 0.3 is 0 Å². The Bertz CT molecular complexity index is 543. The molecular formula is C16H22N4. The smallest absolute Gasteiger partial charge is 0.186 e. The second-order valence-electron chi connectivity index (χ2n) is 7.63. The van der Waals surface area contributed by atoms with Crippen molar-refractivity contribution in [1.29, 1.82) is 5.26 Å². The summed E-state index contributed by atoms with van der Waals surface area (Å²) >= 11 is 0. The lowest BCUT2D eigenvalue weighted by molar-refractivity contribution is -0.00989. The zero-order chi connectivity index (χ0) is 13.9. The van der Waals surface area contributed by atoms with Crippen LogP contribution in [0.15, 0.2) is 0 Å². The highest BCUT2D eigenvalue weighted by Crippen LogP contribution is 2.61. The number of nitrogens with zero attached hydrogens (tertiary/aromatic N) is 4. The van der Waals surface area contributed by atoms with Gasteiger partial charge in [-0.05, 0) is 70.1 Å². The summed E-state index contributed by atoms with van der Waals surface area (Å²) in [5.41, 5.74) is 1.95. The van der Waals surface area contributed by atoms with Gasteiger partial charge in [0, 0.05) is 11.5 Å². The molecule has 0 N–H and O–H groups in total. The molecule has 20 heavy (non-hydrogen) atoms. The van der Waals surface area contributed by atoms with Gasteiger partial charge in [-0.2, -0.15) is 5.26 Å². The van der Waals surface area contributed by atoms with Gasteiger partial charge in [0.15, 0.2) is 5.69 Å². The third-order valence-electron chi connectivity index (χ3n) is 5.83. The van der Waals surface area contributed by atoms with E-state index >= 15 is 0 Å². The van der Waals surface area contributed by atoms with Crippen LogP contribution in [0.3, 0.4) is 0 Å². The molecule has 4 heteroatoms. The van der Waals surface area contributed by atoms with Crippen LogP contribution >= 0.6 is 0 Å². The maximum absolute atomic E-state index is 9.45. The number of rotatable bonds is 2. The molecule has 0 amide bonds. The van der Waals surface area contributed by atoms with Gasteiger partial charge in [-0.1, -0.05) is 5.21 Å². The summed E-state index contributed by atoms with van der Waals surface area (Å²) < 4.78 is 2.03. The molecule has 0 spiro atoms. The van der Waals surface area contributed by atoms with Gasteiger partial charge in [-0.3, -0.25) is 0 Å². The highest BCUT2D eigenvalue weighted by molar-refractivity contribution is 5.34. The normalized spacial score (nSPS) is 38.4. The number of aromatic nitrogens is 3. The topological polar surface area (TPSA) is 54.5 Å². The predicted molar refractivity (Wildman–Crippen MR) is 75.0 cm³/mol. The van der Waals surface area contributed by atoms with E-state index in [4.69, 9.17) is 0 Å². The van der Waals surface area contributed by atoms with Gasteiger partial charge in [-0.25, -0.2) is 4.68 Å². The molecule has 106 valence electrons. The Morgan fingerprint density at radius 2 is 1.70 bits per heavy atom. The van der Waals surface area contributed by atoms with Crippen LogP contribution in [0, 0.1) is 29.1 Å². The lowest BCUT2D eigenvalue weighted by Gasteiger charge is -2.56. The number of hydrogen-bond donors (Lipinski definition) is 0. The molecule has 0 saturated heterocycles. The molecule has 0 atom stereocenters. The minimum atomic E-state index is 0.202. The second-order valence-corrected chi connectivity index (χ2v) is 7.63. The van der Waals surface area contributed by atoms with Gasteiger partial charge in [0.1, 0.15) is 6.07 Å². The molecule has 4 saturated carbocycles. The fourth-order valence-electron chi connectivity index (χ4n) is 5.63. The van der Waals surface area contributed by atoms with Crippen LogP contribution in [-0.4, -0.2) is 15.0 Å². The van der Waals surface area contributed by atoms with Crippen molar-refractivity contribution < 1.29 is 0 Å². The van der Waals surface area contributed by atoms with Crippen molar-refractivity contribution in [2.75, 3.05) is 0 Å². The molecular weight excluding hydrogens is 248 g/mol. The van der Waals surface area contributed by atoms with Crippen LogP contribution in [0.25, 0.3) is 0 Å². The van der Waals surface area contributed by atoms with E-state index < -0.39 is 0 Å². The van der Waals surface area contributed by atoms with Gasteiger partial charge in [0.2, 0.25) is 0 Å². The van der Waals surface area contributed by atoms with Crippen molar-refractivity contribution in [2.45, 2.75) is 63.8 Å². The molecule has 4 bridgehead atoms. The molecule has 4 aliphatic rings. The first kappa shape index (κ1) is 12.4. The van der Waals surface area contributed by atoms with E-state index in [9.17, 15) is 5.26 Å². The van der Waals surface area contributed by atoms with Crippen LogP contribution in [-0.2, 0) is 5.41 Å². The monoisotopic (exact) mass is 270 g/mol. The van der Waals surface area contributed by atoms with Crippen LogP contribution in [0.4, 0.5) is 0 Å². The summed E-state index contributed by atoms with van der Waals surface area (Å²) in [5, 5.41) is 17.9. The first-order chi connectivity index (χ1) is 9.61. The summed E-state index contributed by atoms with van der Waals surface area (Å²) in [6.07, 6.45) is 8.04. The summed E-state index contributed by atoms with van der Waals surface area (Å²) in [5.74, 6) is 2.63. The average molecular weight is 270 g/mol. The third-order valence-corrected chi connectivity index (χ3v) is 5.83. The lowest BCUT2D eigenvalue weighted by atomic mass is 9.48. The Morgan fingerprint density at radius 3 is 2.15 bits per heavy atom. The van der Waals surface area contributed by atoms with E-state index in [2.05, 4.69) is 30.2 Å². The van der Waals surface area contributed by atoms with Crippen molar-refractivity contribution in [3.63, 3.8) is 0 Å². The fraction of sp³-hybridized carbons (Fsp3) is 0.812. The highest BCUT2D eigenvalue weighted by atomic mass is 15.4. The van der Waals surface area contributed by atoms with E-state index in [1.165, 1.54) is 38.5 Å². The zero-order valence-electron chi connectivity index (χ0n) is 12.3. The Morgan fingerprint density at radius 1 is 1.15 bits per heavy atom. The van der Waals surface area contributed by atoms with E-state index in [0.29, 0.717) is 5.69 Å². The van der Waals surface area contributed by atoms with Gasteiger partial charge in [0.25, 0.3) is 0 Å². The van der Waals surface area contributed by atoms with Gasteiger partial charge < -0.3 is 0 Å². The molecule has 4 fully saturated rings. The van der Waals surface area contributed by atoms with Crippen LogP contribution < -0.4 is 0 Å². The number of nitriles is 1. The van der Waals surface area contributed by atoms with Crippen LogP contribution in [0.5, 0.6) is 0 Å². The molecule has 0 aromatic carbocycles. The number of hydrogen-bond acceptors (Lipinski definition) is 3. The van der Waals surface area contributed by atoms with Crippen molar-refractivity contribution >= 4 is 0 Å². The van der Waals surface area contributed by atoms with Crippen molar-refractivity contribution in [2.24, 2.45) is 17.8 Å². The largest absolute Gasteiger partial charge is 0.245 e. The fourth-order valence-corrected chi connectivity index (χ4v) is 5.63. The Labute approximate surface area is 120 Å². The highest BCUT2D eigenvalue weighted by Gasteiger charge is 2.54. The molecule has 5 rings (SSSR count). The first-order valence-corrected chi connectivity index (χ1v) is 7.97. The Balaban J connectivity index is 1.85. The van der Waals surface area contributed by atoms with Crippen LogP contribution in [0.1, 0.15) is 69.8 Å². The van der Waals surface area contributed by atoms with E-state index in [-0.39, 0.29) is 11.5 Å². The SMILES string of the molecule is CC(C)n1nnc(C#N)c1C12CC3CC(CC(C3)C1)C2. The van der Waals surface area contributed by atoms with E-state index in [1.807, 2.05) is 4.68 Å². The summed E-state index contributed by atoms with van der Waals surface area (Å²) in [7, 11) is 0. The van der Waals surface area contributed by atoms with Crippen molar-refractivity contribution in [3.8, 4) is 6.07 Å². The molecule has 4 nitrogen and oxygen atoms in total. The molecule has 1 heterocycles. The summed E-state index contributed by atoms with van der Waals surface area (Å²) in [4.78, 5) is 0. The van der Waals surface area contributed by atoms with Gasteiger partial charge in [0.05, 0.1) is 5.69 Å². The summed E-state index contributed by atoms with van der Waals surface area (Å²) in [6, 6.07) is 2.59. The maximum atomic E-state index is 9.45. The van der Waals surface area contributed by atoms with Crippen molar-refractivity contribution in [3.05, 3.63) is 11.4 Å². The second kappa shape index (κ2) is 4.07. The molecule has 1 aromatic heterocycles. The molecule has 1 aromatic rings. The third kappa shape index (κ3) is 1.58. The molecule has 0 aliphatic heterocycles. The molecule has 4 aliphatic carbocycles. The Hall–Kier alpha value is -1.37.